The van der Waals surface area contributed by atoms with Crippen LogP contribution in [0.4, 0.5) is 11.4 Å². The molecule has 2 saturated heterocycles. The molecule has 2 aliphatic heterocycles. The van der Waals surface area contributed by atoms with Gasteiger partial charge in [0.2, 0.25) is 0 Å². The van der Waals surface area contributed by atoms with Crippen LogP contribution in [0.5, 0.6) is 0 Å². The molecule has 1 N–H and O–H groups in total. The molecule has 0 aliphatic carbocycles. The maximum Gasteiger partial charge on any atom is 0.134 e. The number of aromatic nitrogens is 1. The number of anilines is 2. The second kappa shape index (κ2) is 11.3. The number of aryl methyl sites for hydroxylation is 1. The second-order valence-electron chi connectivity index (χ2n) is 10.6. The molecule has 4 heterocycles. The quantitative estimate of drug-likeness (QED) is 0.241. The maximum atomic E-state index is 9.79. The van der Waals surface area contributed by atoms with E-state index < -0.39 is 0 Å². The van der Waals surface area contributed by atoms with Crippen molar-refractivity contribution in [2.75, 3.05) is 31.5 Å². The first-order chi connectivity index (χ1) is 19.0. The Hall–Kier alpha value is -2.89. The largest absolute Gasteiger partial charge is 0.460 e. The molecule has 4 aromatic rings. The number of fused-ring (bicyclic) bond motifs is 1. The number of nitrogens with zero attached hydrogens (tertiary/aromatic N) is 4. The van der Waals surface area contributed by atoms with Crippen molar-refractivity contribution < 1.29 is 4.42 Å². The Kier molecular flexibility index (Phi) is 7.64. The van der Waals surface area contributed by atoms with Crippen molar-refractivity contribution >= 4 is 49.8 Å². The normalized spacial score (nSPS) is 17.1. The predicted molar refractivity (Wildman–Crippen MR) is 160 cm³/mol. The van der Waals surface area contributed by atoms with Crippen LogP contribution < -0.4 is 5.32 Å². The minimum atomic E-state index is 0.461. The van der Waals surface area contributed by atoms with E-state index in [1.54, 1.807) is 6.20 Å². The van der Waals surface area contributed by atoms with Crippen LogP contribution in [-0.4, -0.2) is 47.0 Å². The van der Waals surface area contributed by atoms with Crippen LogP contribution in [0.3, 0.4) is 0 Å². The van der Waals surface area contributed by atoms with E-state index in [1.165, 1.54) is 38.8 Å². The zero-order valence-electron chi connectivity index (χ0n) is 22.0. The monoisotopic (exact) mass is 603 g/mol. The van der Waals surface area contributed by atoms with Crippen LogP contribution in [0.25, 0.3) is 22.2 Å². The van der Waals surface area contributed by atoms with E-state index in [-0.39, 0.29) is 0 Å². The number of likely N-dealkylation sites (tertiary alicyclic amines) is 2. The van der Waals surface area contributed by atoms with Crippen molar-refractivity contribution in [1.29, 1.82) is 5.26 Å². The molecule has 0 radical (unpaired) electrons. The van der Waals surface area contributed by atoms with Gasteiger partial charge in [-0.25, -0.2) is 0 Å². The van der Waals surface area contributed by atoms with Gasteiger partial charge in [-0.15, -0.1) is 0 Å². The van der Waals surface area contributed by atoms with Gasteiger partial charge in [-0.1, -0.05) is 33.6 Å². The fourth-order valence-corrected chi connectivity index (χ4v) is 6.96. The van der Waals surface area contributed by atoms with Crippen LogP contribution in [-0.2, 0) is 6.54 Å². The van der Waals surface area contributed by atoms with Gasteiger partial charge in [0.1, 0.15) is 17.6 Å². The van der Waals surface area contributed by atoms with E-state index in [1.807, 2.05) is 43.3 Å². The van der Waals surface area contributed by atoms with Gasteiger partial charge < -0.3 is 14.6 Å². The molecule has 0 saturated carbocycles. The summed E-state index contributed by atoms with van der Waals surface area (Å²) < 4.78 is 7.20. The highest BCUT2D eigenvalue weighted by atomic mass is 79.9. The number of benzene rings is 2. The number of hydrogen-bond acceptors (Lipinski definition) is 6. The molecular weight excluding hydrogens is 574 g/mol. The molecule has 2 aromatic carbocycles. The van der Waals surface area contributed by atoms with Gasteiger partial charge in [-0.3, -0.25) is 9.88 Å². The molecule has 200 valence electrons. The average molecular weight is 605 g/mol. The number of furan rings is 1. The molecule has 6 nitrogen and oxygen atoms in total. The molecule has 2 fully saturated rings. The van der Waals surface area contributed by atoms with Crippen molar-refractivity contribution in [3.05, 3.63) is 75.0 Å². The Bertz CT molecular complexity index is 1520. The Morgan fingerprint density at radius 1 is 1.08 bits per heavy atom. The summed E-state index contributed by atoms with van der Waals surface area (Å²) in [6.45, 7) is 7.62. The van der Waals surface area contributed by atoms with Crippen LogP contribution in [0.2, 0.25) is 5.02 Å². The third-order valence-electron chi connectivity index (χ3n) is 8.03. The fourth-order valence-electron chi connectivity index (χ4n) is 5.94. The summed E-state index contributed by atoms with van der Waals surface area (Å²) >= 11 is 10.0. The zero-order chi connectivity index (χ0) is 26.9. The van der Waals surface area contributed by atoms with Crippen molar-refractivity contribution in [2.24, 2.45) is 0 Å². The molecule has 39 heavy (non-hydrogen) atoms. The van der Waals surface area contributed by atoms with E-state index >= 15 is 0 Å². The fraction of sp³-hybridized carbons (Fsp3) is 0.355. The Balaban J connectivity index is 1.20. The molecule has 6 rings (SSSR count). The van der Waals surface area contributed by atoms with Crippen LogP contribution >= 0.6 is 27.5 Å². The van der Waals surface area contributed by atoms with Crippen molar-refractivity contribution in [3.63, 3.8) is 0 Å². The van der Waals surface area contributed by atoms with Gasteiger partial charge in [0.05, 0.1) is 34.0 Å². The molecule has 0 unspecified atom stereocenters. The van der Waals surface area contributed by atoms with E-state index in [0.29, 0.717) is 16.3 Å². The molecule has 0 atom stereocenters. The number of nitrogens with one attached hydrogen (secondary N) is 1. The van der Waals surface area contributed by atoms with Gasteiger partial charge in [-0.05, 0) is 87.7 Å². The summed E-state index contributed by atoms with van der Waals surface area (Å²) in [6, 6.07) is 17.0. The summed E-state index contributed by atoms with van der Waals surface area (Å²) in [5.74, 6) is 1.81. The average Bonchev–Trinajstić information content (AvgIpc) is 3.64. The number of piperidine rings is 1. The highest BCUT2D eigenvalue weighted by Crippen LogP contribution is 2.37. The topological polar surface area (TPSA) is 68.3 Å². The summed E-state index contributed by atoms with van der Waals surface area (Å²) in [5, 5.41) is 14.6. The lowest BCUT2D eigenvalue weighted by atomic mass is 10.0. The van der Waals surface area contributed by atoms with E-state index in [2.05, 4.69) is 48.2 Å². The van der Waals surface area contributed by atoms with Crippen LogP contribution in [0.15, 0.2) is 57.6 Å². The maximum absolute atomic E-state index is 9.79. The van der Waals surface area contributed by atoms with E-state index in [0.717, 1.165) is 69.4 Å². The van der Waals surface area contributed by atoms with E-state index in [9.17, 15) is 5.26 Å². The van der Waals surface area contributed by atoms with Gasteiger partial charge in [0.25, 0.3) is 0 Å². The molecule has 0 spiro atoms. The minimum Gasteiger partial charge on any atom is -0.460 e. The Morgan fingerprint density at radius 2 is 1.87 bits per heavy atom. The third kappa shape index (κ3) is 5.57. The number of rotatable bonds is 6. The molecule has 2 aliphatic rings. The molecule has 8 heteroatoms. The first-order valence-corrected chi connectivity index (χ1v) is 14.8. The highest BCUT2D eigenvalue weighted by Gasteiger charge is 2.26. The lowest BCUT2D eigenvalue weighted by molar-refractivity contribution is 0.118. The molecule has 0 bridgehead atoms. The number of nitriles is 1. The summed E-state index contributed by atoms with van der Waals surface area (Å²) in [7, 11) is 0. The number of hydrogen-bond donors (Lipinski definition) is 1. The smallest absolute Gasteiger partial charge is 0.134 e. The Labute approximate surface area is 242 Å². The highest BCUT2D eigenvalue weighted by molar-refractivity contribution is 9.10. The molecule has 0 amide bonds. The van der Waals surface area contributed by atoms with Gasteiger partial charge in [0.15, 0.2) is 0 Å². The third-order valence-corrected chi connectivity index (χ3v) is 8.79. The first kappa shape index (κ1) is 26.3. The summed E-state index contributed by atoms with van der Waals surface area (Å²) in [4.78, 5) is 9.78. The molecular formula is C31H31BrClN5O. The van der Waals surface area contributed by atoms with E-state index in [4.69, 9.17) is 16.0 Å². The van der Waals surface area contributed by atoms with Gasteiger partial charge in [0, 0.05) is 40.8 Å². The van der Waals surface area contributed by atoms with Crippen molar-refractivity contribution in [2.45, 2.75) is 45.2 Å². The first-order valence-electron chi connectivity index (χ1n) is 13.6. The van der Waals surface area contributed by atoms with Gasteiger partial charge >= 0.3 is 0 Å². The Morgan fingerprint density at radius 3 is 2.62 bits per heavy atom. The summed E-state index contributed by atoms with van der Waals surface area (Å²) in [6.07, 6.45) is 6.81. The van der Waals surface area contributed by atoms with Crippen LogP contribution in [0, 0.1) is 18.3 Å². The summed E-state index contributed by atoms with van der Waals surface area (Å²) in [5.41, 5.74) is 4.64. The van der Waals surface area contributed by atoms with Crippen molar-refractivity contribution in [1.82, 2.24) is 14.8 Å². The standard InChI is InChI=1S/C31H31BrClN5O/c1-20-14-23(32)16-27(33)30(20)36-31-22(17-34)18-35-28-15-21(4-6-26(28)31)29-7-5-25(39-29)19-37-12-8-24(9-13-37)38-10-2-3-11-38/h4-7,14-16,18,24H,2-3,8-13,19H2,1H3,(H,35,36). The number of halogens is 2. The number of pyridine rings is 1. The minimum absolute atomic E-state index is 0.461. The lowest BCUT2D eigenvalue weighted by Crippen LogP contribution is -2.43. The lowest BCUT2D eigenvalue weighted by Gasteiger charge is -2.36. The second-order valence-corrected chi connectivity index (χ2v) is 11.9. The molecule has 2 aromatic heterocycles. The predicted octanol–water partition coefficient (Wildman–Crippen LogP) is 7.89. The zero-order valence-corrected chi connectivity index (χ0v) is 24.4. The van der Waals surface area contributed by atoms with Gasteiger partial charge in [-0.2, -0.15) is 5.26 Å². The van der Waals surface area contributed by atoms with Crippen molar-refractivity contribution in [3.8, 4) is 17.4 Å². The van der Waals surface area contributed by atoms with Crippen LogP contribution in [0.1, 0.15) is 42.6 Å². The SMILES string of the molecule is Cc1cc(Br)cc(Cl)c1Nc1c(C#N)cnc2cc(-c3ccc(CN4CCC(N5CCCC5)CC4)o3)ccc12.